The standard InChI is InChI=1S/C17H24N2O6/c1-17(2,3)25-16(22)19(5)18(4)15(21)24-12-14(20)23-11-13-9-7-6-8-10-13/h6-10H,11-12H2,1-5H3. The molecule has 0 bridgehead atoms. The van der Waals surface area contributed by atoms with Gasteiger partial charge < -0.3 is 14.2 Å². The van der Waals surface area contributed by atoms with Gasteiger partial charge in [-0.05, 0) is 26.3 Å². The molecule has 0 aliphatic carbocycles. The molecular formula is C17H24N2O6. The van der Waals surface area contributed by atoms with Crippen molar-refractivity contribution in [1.29, 1.82) is 0 Å². The zero-order chi connectivity index (χ0) is 19.0. The molecule has 0 aliphatic rings. The molecule has 1 aromatic rings. The highest BCUT2D eigenvalue weighted by Crippen LogP contribution is 2.10. The second kappa shape index (κ2) is 8.91. The molecule has 25 heavy (non-hydrogen) atoms. The fourth-order valence-electron chi connectivity index (χ4n) is 1.57. The quantitative estimate of drug-likeness (QED) is 0.470. The van der Waals surface area contributed by atoms with Crippen LogP contribution in [0.4, 0.5) is 9.59 Å². The normalized spacial score (nSPS) is 10.6. The third kappa shape index (κ3) is 7.56. The van der Waals surface area contributed by atoms with Crippen LogP contribution in [-0.2, 0) is 25.6 Å². The van der Waals surface area contributed by atoms with Gasteiger partial charge in [0.25, 0.3) is 0 Å². The van der Waals surface area contributed by atoms with Gasteiger partial charge in [0.1, 0.15) is 12.2 Å². The van der Waals surface area contributed by atoms with Crippen LogP contribution in [0.3, 0.4) is 0 Å². The second-order valence-electron chi connectivity index (χ2n) is 6.23. The Hall–Kier alpha value is -2.77. The molecule has 0 radical (unpaired) electrons. The van der Waals surface area contributed by atoms with Gasteiger partial charge >= 0.3 is 18.2 Å². The third-order valence-electron chi connectivity index (χ3n) is 2.93. The number of hydrazine groups is 1. The molecule has 0 atom stereocenters. The maximum atomic E-state index is 11.9. The van der Waals surface area contributed by atoms with E-state index in [1.54, 1.807) is 20.8 Å². The average Bonchev–Trinajstić information content (AvgIpc) is 2.55. The molecule has 0 unspecified atom stereocenters. The Morgan fingerprint density at radius 1 is 0.920 bits per heavy atom. The van der Waals surface area contributed by atoms with Crippen molar-refractivity contribution in [2.45, 2.75) is 33.0 Å². The van der Waals surface area contributed by atoms with Gasteiger partial charge in [-0.25, -0.2) is 24.4 Å². The van der Waals surface area contributed by atoms with E-state index in [2.05, 4.69) is 0 Å². The number of hydrogen-bond donors (Lipinski definition) is 0. The molecule has 138 valence electrons. The van der Waals surface area contributed by atoms with Crippen LogP contribution in [0.15, 0.2) is 30.3 Å². The zero-order valence-corrected chi connectivity index (χ0v) is 15.1. The molecule has 1 aromatic carbocycles. The molecule has 8 nitrogen and oxygen atoms in total. The predicted molar refractivity (Wildman–Crippen MR) is 89.3 cm³/mol. The summed E-state index contributed by atoms with van der Waals surface area (Å²) < 4.78 is 14.9. The molecule has 8 heteroatoms. The van der Waals surface area contributed by atoms with Crippen molar-refractivity contribution in [2.24, 2.45) is 0 Å². The van der Waals surface area contributed by atoms with Crippen LogP contribution in [0.2, 0.25) is 0 Å². The lowest BCUT2D eigenvalue weighted by molar-refractivity contribution is -0.149. The van der Waals surface area contributed by atoms with Gasteiger partial charge in [-0.15, -0.1) is 0 Å². The van der Waals surface area contributed by atoms with E-state index in [0.29, 0.717) is 0 Å². The minimum Gasteiger partial charge on any atom is -0.458 e. The summed E-state index contributed by atoms with van der Waals surface area (Å²) in [6.07, 6.45) is -1.61. The zero-order valence-electron chi connectivity index (χ0n) is 15.1. The Kier molecular flexibility index (Phi) is 7.22. The number of carbonyl (C=O) groups excluding carboxylic acids is 3. The van der Waals surface area contributed by atoms with Gasteiger partial charge in [0.2, 0.25) is 0 Å². The molecule has 0 N–H and O–H groups in total. The molecule has 1 rings (SSSR count). The number of rotatable bonds is 4. The lowest BCUT2D eigenvalue weighted by Crippen LogP contribution is -2.47. The van der Waals surface area contributed by atoms with Crippen LogP contribution in [0.1, 0.15) is 26.3 Å². The molecule has 0 spiro atoms. The third-order valence-corrected chi connectivity index (χ3v) is 2.93. The summed E-state index contributed by atoms with van der Waals surface area (Å²) >= 11 is 0. The van der Waals surface area contributed by atoms with Gasteiger partial charge in [-0.3, -0.25) is 0 Å². The maximum Gasteiger partial charge on any atom is 0.429 e. The van der Waals surface area contributed by atoms with Gasteiger partial charge in [0.05, 0.1) is 0 Å². The minimum atomic E-state index is -0.884. The highest BCUT2D eigenvalue weighted by Gasteiger charge is 2.25. The van der Waals surface area contributed by atoms with Crippen molar-refractivity contribution in [3.8, 4) is 0 Å². The smallest absolute Gasteiger partial charge is 0.429 e. The first-order valence-electron chi connectivity index (χ1n) is 7.67. The van der Waals surface area contributed by atoms with Crippen molar-refractivity contribution < 1.29 is 28.6 Å². The summed E-state index contributed by atoms with van der Waals surface area (Å²) in [5, 5.41) is 1.85. The number of hydrogen-bond acceptors (Lipinski definition) is 6. The summed E-state index contributed by atoms with van der Waals surface area (Å²) in [5.41, 5.74) is 0.126. The first-order chi connectivity index (χ1) is 11.6. The van der Waals surface area contributed by atoms with Crippen molar-refractivity contribution in [3.63, 3.8) is 0 Å². The Morgan fingerprint density at radius 3 is 2.04 bits per heavy atom. The minimum absolute atomic E-state index is 0.0882. The van der Waals surface area contributed by atoms with E-state index < -0.39 is 30.4 Å². The lowest BCUT2D eigenvalue weighted by Gasteiger charge is -2.29. The van der Waals surface area contributed by atoms with Crippen LogP contribution in [0, 0.1) is 0 Å². The van der Waals surface area contributed by atoms with Gasteiger partial charge in [0.15, 0.2) is 6.61 Å². The average molecular weight is 352 g/mol. The second-order valence-corrected chi connectivity index (χ2v) is 6.23. The van der Waals surface area contributed by atoms with Crippen LogP contribution < -0.4 is 0 Å². The summed E-state index contributed by atoms with van der Waals surface area (Å²) in [7, 11) is 2.67. The van der Waals surface area contributed by atoms with Crippen LogP contribution in [0.5, 0.6) is 0 Å². The Morgan fingerprint density at radius 2 is 1.48 bits per heavy atom. The fraction of sp³-hybridized carbons (Fsp3) is 0.471. The highest BCUT2D eigenvalue weighted by atomic mass is 16.6. The van der Waals surface area contributed by atoms with Gasteiger partial charge in [0, 0.05) is 14.1 Å². The van der Waals surface area contributed by atoms with Crippen LogP contribution in [-0.4, -0.2) is 54.5 Å². The van der Waals surface area contributed by atoms with Crippen LogP contribution in [0.25, 0.3) is 0 Å². The van der Waals surface area contributed by atoms with Crippen molar-refractivity contribution in [1.82, 2.24) is 10.0 Å². The highest BCUT2D eigenvalue weighted by molar-refractivity contribution is 5.77. The van der Waals surface area contributed by atoms with E-state index in [1.807, 2.05) is 30.3 Å². The van der Waals surface area contributed by atoms with E-state index in [1.165, 1.54) is 14.1 Å². The number of esters is 1. The molecular weight excluding hydrogens is 328 g/mol. The SMILES string of the molecule is CN(C(=O)OCC(=O)OCc1ccccc1)N(C)C(=O)OC(C)(C)C. The Balaban J connectivity index is 2.39. The van der Waals surface area contributed by atoms with E-state index in [0.717, 1.165) is 15.6 Å². The number of carbonyl (C=O) groups is 3. The summed E-state index contributed by atoms with van der Waals surface area (Å²) in [6, 6.07) is 9.12. The first-order valence-corrected chi connectivity index (χ1v) is 7.67. The van der Waals surface area contributed by atoms with E-state index in [-0.39, 0.29) is 6.61 Å². The Labute approximate surface area is 147 Å². The number of ether oxygens (including phenoxy) is 3. The van der Waals surface area contributed by atoms with Gasteiger partial charge in [-0.2, -0.15) is 0 Å². The fourth-order valence-corrected chi connectivity index (χ4v) is 1.57. The predicted octanol–water partition coefficient (Wildman–Crippen LogP) is 2.58. The first kappa shape index (κ1) is 20.3. The van der Waals surface area contributed by atoms with E-state index >= 15 is 0 Å². The lowest BCUT2D eigenvalue weighted by atomic mass is 10.2. The molecule has 0 saturated carbocycles. The molecule has 0 saturated heterocycles. The molecule has 0 fully saturated rings. The number of amides is 2. The molecule has 0 aromatic heterocycles. The molecule has 0 heterocycles. The monoisotopic (exact) mass is 352 g/mol. The van der Waals surface area contributed by atoms with Crippen molar-refractivity contribution in [2.75, 3.05) is 20.7 Å². The van der Waals surface area contributed by atoms with Crippen LogP contribution >= 0.6 is 0 Å². The van der Waals surface area contributed by atoms with E-state index in [4.69, 9.17) is 14.2 Å². The summed E-state index contributed by atoms with van der Waals surface area (Å²) in [5.74, 6) is -0.689. The topological polar surface area (TPSA) is 85.4 Å². The largest absolute Gasteiger partial charge is 0.458 e. The number of benzene rings is 1. The van der Waals surface area contributed by atoms with Crippen molar-refractivity contribution in [3.05, 3.63) is 35.9 Å². The number of nitrogens with zero attached hydrogens (tertiary/aromatic N) is 2. The van der Waals surface area contributed by atoms with E-state index in [9.17, 15) is 14.4 Å². The summed E-state index contributed by atoms with van der Waals surface area (Å²) in [6.45, 7) is 4.66. The Bertz CT molecular complexity index is 597. The van der Waals surface area contributed by atoms with Crippen molar-refractivity contribution >= 4 is 18.2 Å². The summed E-state index contributed by atoms with van der Waals surface area (Å²) in [4.78, 5) is 35.4. The maximum absolute atomic E-state index is 11.9. The van der Waals surface area contributed by atoms with Gasteiger partial charge in [-0.1, -0.05) is 30.3 Å². The molecule has 0 aliphatic heterocycles. The molecule has 2 amide bonds.